The lowest BCUT2D eigenvalue weighted by atomic mass is 10.1. The molecule has 0 aliphatic carbocycles. The third kappa shape index (κ3) is 4.82. The lowest BCUT2D eigenvalue weighted by molar-refractivity contribution is -0.148. The molecule has 1 unspecified atom stereocenters. The zero-order chi connectivity index (χ0) is 23.5. The Bertz CT molecular complexity index is 1180. The molecule has 1 saturated heterocycles. The molecule has 3 N–H and O–H groups in total. The minimum Gasteiger partial charge on any atom is -0.378 e. The predicted molar refractivity (Wildman–Crippen MR) is 111 cm³/mol. The summed E-state index contributed by atoms with van der Waals surface area (Å²) in [5.74, 6) is -3.33. The van der Waals surface area contributed by atoms with Gasteiger partial charge in [-0.25, -0.2) is 18.9 Å². The van der Waals surface area contributed by atoms with Crippen LogP contribution >= 0.6 is 11.6 Å². The maximum absolute atomic E-state index is 14.0. The van der Waals surface area contributed by atoms with Gasteiger partial charge in [-0.15, -0.1) is 5.10 Å². The molecule has 1 aromatic heterocycles. The minimum atomic E-state index is -1.91. The maximum Gasteiger partial charge on any atom is 0.270 e. The van der Waals surface area contributed by atoms with Gasteiger partial charge >= 0.3 is 0 Å². The number of aliphatic hydroxyl groups is 1. The van der Waals surface area contributed by atoms with E-state index in [1.807, 2.05) is 0 Å². The Kier molecular flexibility index (Phi) is 6.58. The van der Waals surface area contributed by atoms with Crippen LogP contribution in [0, 0.1) is 11.6 Å². The van der Waals surface area contributed by atoms with E-state index < -0.39 is 35.6 Å². The lowest BCUT2D eigenvalue weighted by Gasteiger charge is -2.26. The number of tetrazole rings is 1. The highest BCUT2D eigenvalue weighted by Gasteiger charge is 2.38. The molecular formula is C20H18ClF2N7O3. The van der Waals surface area contributed by atoms with Crippen LogP contribution in [-0.2, 0) is 16.1 Å². The van der Waals surface area contributed by atoms with Crippen LogP contribution in [0.1, 0.15) is 23.7 Å². The standard InChI is InChI=1S/C20H18ClF2N7O3/c21-12-1-4-16(29-10-25-27-28-29)11(7-12)9-24-19(32)17-5-6-26-30(17)20(33)18(31)14-3-2-13(22)8-15(14)23/h1-4,7-8,10,17-18,26,31H,5-6,9H2,(H,24,32)/t17-,18?/m0/s1. The van der Waals surface area contributed by atoms with Crippen molar-refractivity contribution in [3.63, 3.8) is 0 Å². The predicted octanol–water partition coefficient (Wildman–Crippen LogP) is 1.05. The van der Waals surface area contributed by atoms with Crippen molar-refractivity contribution >= 4 is 23.4 Å². The quantitative estimate of drug-likeness (QED) is 0.484. The Morgan fingerprint density at radius 1 is 1.27 bits per heavy atom. The number of hydrogen-bond acceptors (Lipinski definition) is 7. The smallest absolute Gasteiger partial charge is 0.270 e. The van der Waals surface area contributed by atoms with Gasteiger partial charge in [0.15, 0.2) is 6.10 Å². The van der Waals surface area contributed by atoms with Crippen molar-refractivity contribution in [1.29, 1.82) is 0 Å². The molecule has 0 bridgehead atoms. The van der Waals surface area contributed by atoms with E-state index in [0.717, 1.165) is 17.1 Å². The fraction of sp³-hybridized carbons (Fsp3) is 0.250. The highest BCUT2D eigenvalue weighted by molar-refractivity contribution is 6.30. The van der Waals surface area contributed by atoms with Gasteiger partial charge in [-0.1, -0.05) is 17.7 Å². The monoisotopic (exact) mass is 477 g/mol. The molecule has 33 heavy (non-hydrogen) atoms. The third-order valence-electron chi connectivity index (χ3n) is 5.13. The highest BCUT2D eigenvalue weighted by Crippen LogP contribution is 2.23. The van der Waals surface area contributed by atoms with Gasteiger partial charge in [0.25, 0.3) is 5.91 Å². The van der Waals surface area contributed by atoms with E-state index >= 15 is 0 Å². The first-order valence-electron chi connectivity index (χ1n) is 9.84. The number of aromatic nitrogens is 4. The second-order valence-electron chi connectivity index (χ2n) is 7.23. The van der Waals surface area contributed by atoms with E-state index in [9.17, 15) is 23.5 Å². The number of carbonyl (C=O) groups excluding carboxylic acids is 2. The number of benzene rings is 2. The highest BCUT2D eigenvalue weighted by atomic mass is 35.5. The molecule has 10 nitrogen and oxygen atoms in total. The van der Waals surface area contributed by atoms with Crippen molar-refractivity contribution in [2.45, 2.75) is 25.1 Å². The molecule has 2 atom stereocenters. The van der Waals surface area contributed by atoms with Gasteiger partial charge in [0, 0.05) is 29.7 Å². The van der Waals surface area contributed by atoms with Crippen LogP contribution in [0.3, 0.4) is 0 Å². The van der Waals surface area contributed by atoms with Crippen LogP contribution in [0.2, 0.25) is 5.02 Å². The van der Waals surface area contributed by atoms with E-state index in [4.69, 9.17) is 11.6 Å². The zero-order valence-corrected chi connectivity index (χ0v) is 17.7. The van der Waals surface area contributed by atoms with E-state index in [1.54, 1.807) is 18.2 Å². The second kappa shape index (κ2) is 9.57. The molecule has 1 aliphatic heterocycles. The topological polar surface area (TPSA) is 125 Å². The fourth-order valence-corrected chi connectivity index (χ4v) is 3.71. The Hall–Kier alpha value is -3.48. The Morgan fingerprint density at radius 2 is 2.09 bits per heavy atom. The van der Waals surface area contributed by atoms with Crippen LogP contribution in [-0.4, -0.2) is 54.7 Å². The molecule has 4 rings (SSSR count). The fourth-order valence-electron chi connectivity index (χ4n) is 3.52. The van der Waals surface area contributed by atoms with Gasteiger partial charge in [0.2, 0.25) is 5.91 Å². The minimum absolute atomic E-state index is 0.0578. The molecule has 2 heterocycles. The average molecular weight is 478 g/mol. The van der Waals surface area contributed by atoms with Crippen LogP contribution in [0.4, 0.5) is 8.78 Å². The summed E-state index contributed by atoms with van der Waals surface area (Å²) in [5, 5.41) is 25.5. The molecule has 0 saturated carbocycles. The van der Waals surface area contributed by atoms with Crippen molar-refractivity contribution < 1.29 is 23.5 Å². The normalized spacial score (nSPS) is 16.6. The Balaban J connectivity index is 1.47. The number of halogens is 3. The molecule has 3 aromatic rings. The van der Waals surface area contributed by atoms with E-state index in [-0.39, 0.29) is 25.1 Å². The van der Waals surface area contributed by atoms with Crippen LogP contribution in [0.5, 0.6) is 0 Å². The summed E-state index contributed by atoms with van der Waals surface area (Å²) in [6.07, 6.45) is -0.247. The molecule has 1 fully saturated rings. The van der Waals surface area contributed by atoms with Gasteiger partial charge in [-0.2, -0.15) is 0 Å². The summed E-state index contributed by atoms with van der Waals surface area (Å²) < 4.78 is 28.6. The summed E-state index contributed by atoms with van der Waals surface area (Å²) in [6, 6.07) is 6.53. The third-order valence-corrected chi connectivity index (χ3v) is 5.37. The van der Waals surface area contributed by atoms with Crippen molar-refractivity contribution in [2.75, 3.05) is 6.54 Å². The number of amides is 2. The van der Waals surface area contributed by atoms with E-state index in [2.05, 4.69) is 26.3 Å². The number of carbonyl (C=O) groups is 2. The Labute approximate surface area is 191 Å². The van der Waals surface area contributed by atoms with Gasteiger partial charge < -0.3 is 10.4 Å². The van der Waals surface area contributed by atoms with Gasteiger partial charge in [0.05, 0.1) is 5.69 Å². The van der Waals surface area contributed by atoms with Crippen molar-refractivity contribution in [1.82, 2.24) is 36.0 Å². The van der Waals surface area contributed by atoms with E-state index in [1.165, 1.54) is 11.0 Å². The first-order valence-corrected chi connectivity index (χ1v) is 10.2. The number of nitrogens with one attached hydrogen (secondary N) is 2. The van der Waals surface area contributed by atoms with Crippen LogP contribution < -0.4 is 10.7 Å². The van der Waals surface area contributed by atoms with E-state index in [0.29, 0.717) is 22.3 Å². The number of nitrogens with zero attached hydrogens (tertiary/aromatic N) is 5. The summed E-state index contributed by atoms with van der Waals surface area (Å²) in [6.45, 7) is 0.345. The Morgan fingerprint density at radius 3 is 2.82 bits per heavy atom. The van der Waals surface area contributed by atoms with Crippen LogP contribution in [0.15, 0.2) is 42.7 Å². The number of hydrazine groups is 1. The van der Waals surface area contributed by atoms with Gasteiger partial charge in [-0.3, -0.25) is 14.6 Å². The molecule has 172 valence electrons. The summed E-state index contributed by atoms with van der Waals surface area (Å²) >= 11 is 6.08. The molecule has 13 heteroatoms. The SMILES string of the molecule is O=C(NCc1cc(Cl)ccc1-n1cnnn1)[C@@H]1CCNN1C(=O)C(O)c1ccc(F)cc1F. The number of hydrogen-bond donors (Lipinski definition) is 3. The molecule has 2 aromatic carbocycles. The summed E-state index contributed by atoms with van der Waals surface area (Å²) in [5.41, 5.74) is 3.56. The summed E-state index contributed by atoms with van der Waals surface area (Å²) in [7, 11) is 0. The second-order valence-corrected chi connectivity index (χ2v) is 7.67. The van der Waals surface area contributed by atoms with Gasteiger partial charge in [-0.05, 0) is 46.7 Å². The molecule has 0 radical (unpaired) electrons. The number of rotatable bonds is 6. The van der Waals surface area contributed by atoms with Crippen molar-refractivity contribution in [2.24, 2.45) is 0 Å². The molecule has 1 aliphatic rings. The summed E-state index contributed by atoms with van der Waals surface area (Å²) in [4.78, 5) is 25.6. The number of aliphatic hydroxyl groups excluding tert-OH is 1. The van der Waals surface area contributed by atoms with Crippen LogP contribution in [0.25, 0.3) is 5.69 Å². The van der Waals surface area contributed by atoms with Gasteiger partial charge in [0.1, 0.15) is 24.0 Å². The lowest BCUT2D eigenvalue weighted by Crippen LogP contribution is -2.51. The molecule has 0 spiro atoms. The van der Waals surface area contributed by atoms with Crippen molar-refractivity contribution in [3.05, 3.63) is 70.5 Å². The average Bonchev–Trinajstić information content (AvgIpc) is 3.49. The maximum atomic E-state index is 14.0. The molecule has 2 amide bonds. The molecular weight excluding hydrogens is 460 g/mol. The first-order chi connectivity index (χ1) is 15.8. The zero-order valence-electron chi connectivity index (χ0n) is 17.0. The first kappa shape index (κ1) is 22.7. The van der Waals surface area contributed by atoms with Crippen molar-refractivity contribution in [3.8, 4) is 5.69 Å². The largest absolute Gasteiger partial charge is 0.378 e.